The molecule has 0 bridgehead atoms. The van der Waals surface area contributed by atoms with Crippen molar-refractivity contribution >= 4 is 5.97 Å². The molecule has 5 heteroatoms. The zero-order valence-corrected chi connectivity index (χ0v) is 8.87. The molecule has 5 nitrogen and oxygen atoms in total. The van der Waals surface area contributed by atoms with Crippen LogP contribution in [0.3, 0.4) is 0 Å². The summed E-state index contributed by atoms with van der Waals surface area (Å²) in [5, 5.41) is 12.2. The Labute approximate surface area is 93.6 Å². The summed E-state index contributed by atoms with van der Waals surface area (Å²) in [6, 6.07) is 9.82. The van der Waals surface area contributed by atoms with Crippen molar-refractivity contribution in [2.24, 2.45) is 5.29 Å². The van der Waals surface area contributed by atoms with Crippen LogP contribution in [0.2, 0.25) is 0 Å². The molecule has 0 amide bonds. The number of nitroso groups, excluding NO2 is 1. The van der Waals surface area contributed by atoms with E-state index in [9.17, 15) is 9.70 Å². The van der Waals surface area contributed by atoms with Crippen LogP contribution in [0.1, 0.15) is 12.0 Å². The van der Waals surface area contributed by atoms with Crippen LogP contribution in [0.4, 0.5) is 0 Å². The molecule has 0 aliphatic carbocycles. The molecule has 0 aromatic heterocycles. The van der Waals surface area contributed by atoms with Crippen molar-refractivity contribution in [2.75, 3.05) is 13.1 Å². The second kappa shape index (κ2) is 6.55. The number of hydrogen-bond donors (Lipinski definition) is 1. The fourth-order valence-corrected chi connectivity index (χ4v) is 1.42. The Bertz CT molecular complexity index is 340. The highest BCUT2D eigenvalue weighted by molar-refractivity contribution is 5.68. The third-order valence-corrected chi connectivity index (χ3v) is 2.16. The summed E-state index contributed by atoms with van der Waals surface area (Å²) in [6.45, 7) is 0.0307. The second-order valence-electron chi connectivity index (χ2n) is 3.45. The zero-order valence-electron chi connectivity index (χ0n) is 8.87. The Kier molecular flexibility index (Phi) is 4.98. The monoisotopic (exact) mass is 222 g/mol. The summed E-state index contributed by atoms with van der Waals surface area (Å²) in [5.41, 5.74) is 1.17. The molecule has 0 atom stereocenters. The minimum atomic E-state index is -1.04. The van der Waals surface area contributed by atoms with Gasteiger partial charge in [0.25, 0.3) is 0 Å². The number of carboxylic acids is 1. The Morgan fingerprint density at radius 1 is 1.31 bits per heavy atom. The van der Waals surface area contributed by atoms with Crippen molar-refractivity contribution in [2.45, 2.75) is 12.8 Å². The molecule has 0 fully saturated rings. The summed E-state index contributed by atoms with van der Waals surface area (Å²) in [6.07, 6.45) is 1.52. The van der Waals surface area contributed by atoms with Crippen molar-refractivity contribution in [3.8, 4) is 0 Å². The molecule has 0 aliphatic rings. The van der Waals surface area contributed by atoms with E-state index in [1.807, 2.05) is 30.3 Å². The minimum absolute atomic E-state index is 0.335. The van der Waals surface area contributed by atoms with Gasteiger partial charge in [0.1, 0.15) is 6.54 Å². The summed E-state index contributed by atoms with van der Waals surface area (Å²) in [4.78, 5) is 20.7. The summed E-state index contributed by atoms with van der Waals surface area (Å²) >= 11 is 0. The average Bonchev–Trinajstić information content (AvgIpc) is 2.28. The van der Waals surface area contributed by atoms with Crippen LogP contribution in [0.15, 0.2) is 35.6 Å². The molecule has 0 aliphatic heterocycles. The number of aliphatic carboxylic acids is 1. The maximum Gasteiger partial charge on any atom is 0.324 e. The van der Waals surface area contributed by atoms with Crippen LogP contribution in [0.25, 0.3) is 0 Å². The quantitative estimate of drug-likeness (QED) is 0.563. The lowest BCUT2D eigenvalue weighted by molar-refractivity contribution is -0.138. The Hall–Kier alpha value is -1.91. The molecule has 0 heterocycles. The molecule has 16 heavy (non-hydrogen) atoms. The number of carboxylic acid groups (broad SMARTS) is 1. The van der Waals surface area contributed by atoms with Crippen molar-refractivity contribution in [3.63, 3.8) is 0 Å². The van der Waals surface area contributed by atoms with Gasteiger partial charge in [-0.25, -0.2) is 5.01 Å². The first-order chi connectivity index (χ1) is 7.72. The number of rotatable bonds is 7. The molecule has 0 spiro atoms. The molecule has 86 valence electrons. The molecular weight excluding hydrogens is 208 g/mol. The van der Waals surface area contributed by atoms with E-state index in [-0.39, 0.29) is 6.54 Å². The lowest BCUT2D eigenvalue weighted by Crippen LogP contribution is -2.25. The third kappa shape index (κ3) is 4.54. The number of hydrogen-bond acceptors (Lipinski definition) is 3. The highest BCUT2D eigenvalue weighted by Gasteiger charge is 2.07. The highest BCUT2D eigenvalue weighted by Crippen LogP contribution is 2.03. The van der Waals surface area contributed by atoms with E-state index in [1.54, 1.807) is 0 Å². The van der Waals surface area contributed by atoms with Gasteiger partial charge in [-0.05, 0) is 18.4 Å². The van der Waals surface area contributed by atoms with Crippen molar-refractivity contribution < 1.29 is 9.90 Å². The lowest BCUT2D eigenvalue weighted by Gasteiger charge is -2.11. The molecule has 0 unspecified atom stereocenters. The van der Waals surface area contributed by atoms with Crippen LogP contribution >= 0.6 is 0 Å². The van der Waals surface area contributed by atoms with Gasteiger partial charge in [0.15, 0.2) is 0 Å². The average molecular weight is 222 g/mol. The molecule has 1 rings (SSSR count). The maximum absolute atomic E-state index is 10.4. The van der Waals surface area contributed by atoms with Crippen LogP contribution in [0, 0.1) is 4.91 Å². The molecule has 0 radical (unpaired) electrons. The van der Waals surface area contributed by atoms with Gasteiger partial charge in [-0.2, -0.15) is 0 Å². The number of aryl methyl sites for hydroxylation is 1. The largest absolute Gasteiger partial charge is 0.480 e. The summed E-state index contributed by atoms with van der Waals surface area (Å²) in [7, 11) is 0. The lowest BCUT2D eigenvalue weighted by atomic mass is 10.1. The van der Waals surface area contributed by atoms with E-state index in [0.29, 0.717) is 13.0 Å². The first kappa shape index (κ1) is 12.2. The first-order valence-corrected chi connectivity index (χ1v) is 5.06. The van der Waals surface area contributed by atoms with E-state index in [2.05, 4.69) is 5.29 Å². The second-order valence-corrected chi connectivity index (χ2v) is 3.45. The van der Waals surface area contributed by atoms with E-state index in [1.165, 1.54) is 5.56 Å². The Morgan fingerprint density at radius 2 is 2.00 bits per heavy atom. The van der Waals surface area contributed by atoms with Gasteiger partial charge < -0.3 is 5.11 Å². The van der Waals surface area contributed by atoms with Gasteiger partial charge in [0.05, 0.1) is 5.29 Å². The van der Waals surface area contributed by atoms with Gasteiger partial charge in [-0.1, -0.05) is 30.3 Å². The Balaban J connectivity index is 2.28. The molecule has 1 aromatic carbocycles. The summed E-state index contributed by atoms with van der Waals surface area (Å²) < 4.78 is 0. The van der Waals surface area contributed by atoms with Crippen molar-refractivity contribution in [1.82, 2.24) is 5.01 Å². The SMILES string of the molecule is O=NN(CCCc1ccccc1)CC(=O)O. The van der Waals surface area contributed by atoms with Gasteiger partial charge >= 0.3 is 5.97 Å². The van der Waals surface area contributed by atoms with Crippen LogP contribution in [-0.2, 0) is 11.2 Å². The van der Waals surface area contributed by atoms with Gasteiger partial charge in [0, 0.05) is 6.54 Å². The third-order valence-electron chi connectivity index (χ3n) is 2.16. The topological polar surface area (TPSA) is 70.0 Å². The number of carbonyl (C=O) groups is 1. The van der Waals surface area contributed by atoms with Crippen LogP contribution in [-0.4, -0.2) is 29.2 Å². The van der Waals surface area contributed by atoms with Crippen molar-refractivity contribution in [3.05, 3.63) is 40.8 Å². The maximum atomic E-state index is 10.4. The van der Waals surface area contributed by atoms with E-state index < -0.39 is 5.97 Å². The zero-order chi connectivity index (χ0) is 11.8. The number of nitrogens with zero attached hydrogens (tertiary/aromatic N) is 2. The number of benzene rings is 1. The van der Waals surface area contributed by atoms with E-state index >= 15 is 0 Å². The molecule has 0 saturated heterocycles. The first-order valence-electron chi connectivity index (χ1n) is 5.06. The smallest absolute Gasteiger partial charge is 0.324 e. The predicted molar refractivity (Wildman–Crippen MR) is 59.8 cm³/mol. The predicted octanol–water partition coefficient (Wildman–Crippen LogP) is 1.69. The fraction of sp³-hybridized carbons (Fsp3) is 0.364. The minimum Gasteiger partial charge on any atom is -0.480 e. The molecular formula is C11H14N2O3. The van der Waals surface area contributed by atoms with Gasteiger partial charge in [0.2, 0.25) is 0 Å². The van der Waals surface area contributed by atoms with Gasteiger partial charge in [-0.15, -0.1) is 4.91 Å². The standard InChI is InChI=1S/C11H14N2O3/c14-11(15)9-13(12-16)8-4-7-10-5-2-1-3-6-10/h1-3,5-6H,4,7-9H2,(H,14,15). The summed E-state index contributed by atoms with van der Waals surface area (Å²) in [5.74, 6) is -1.04. The normalized spacial score (nSPS) is 9.75. The Morgan fingerprint density at radius 3 is 2.56 bits per heavy atom. The van der Waals surface area contributed by atoms with Gasteiger partial charge in [-0.3, -0.25) is 4.79 Å². The van der Waals surface area contributed by atoms with E-state index in [0.717, 1.165) is 11.4 Å². The van der Waals surface area contributed by atoms with Crippen LogP contribution < -0.4 is 0 Å². The molecule has 1 aromatic rings. The molecule has 1 N–H and O–H groups in total. The fourth-order valence-electron chi connectivity index (χ4n) is 1.42. The highest BCUT2D eigenvalue weighted by atomic mass is 16.4. The van der Waals surface area contributed by atoms with Crippen molar-refractivity contribution in [1.29, 1.82) is 0 Å². The van der Waals surface area contributed by atoms with E-state index in [4.69, 9.17) is 5.11 Å². The van der Waals surface area contributed by atoms with Crippen LogP contribution in [0.5, 0.6) is 0 Å². The molecule has 0 saturated carbocycles.